The molecule has 5 N–H and O–H groups in total. The van der Waals surface area contributed by atoms with Crippen molar-refractivity contribution in [1.29, 1.82) is 0 Å². The summed E-state index contributed by atoms with van der Waals surface area (Å²) in [5.41, 5.74) is 1.72. The number of anilines is 1. The maximum Gasteiger partial charge on any atom is 0.358 e. The van der Waals surface area contributed by atoms with E-state index in [-0.39, 0.29) is 18.2 Å². The molecule has 0 saturated heterocycles. The molecule has 0 unspecified atom stereocenters. The minimum absolute atomic E-state index is 0.0602. The van der Waals surface area contributed by atoms with Crippen LogP contribution in [0.1, 0.15) is 21.7 Å². The number of hydrogen-bond donors (Lipinski definition) is 5. The number of para-hydroxylation sites is 1. The van der Waals surface area contributed by atoms with E-state index in [9.17, 15) is 19.5 Å². The molecule has 0 spiro atoms. The van der Waals surface area contributed by atoms with Gasteiger partial charge in [-0.15, -0.1) is 11.3 Å². The standard InChI is InChI=1S/C20H16N4O5S/c1-9-11(10-4-2-3-5-13(10)21-9)6-15(25)22-14-8-30-7-12(14)18-23-16(20(28)29)17(26)19(27)24-18/h2-5,7-8,21,26H,6H2,1H3,(H,22,25)(H,28,29)(H,23,24,27). The van der Waals surface area contributed by atoms with Gasteiger partial charge in [-0.05, 0) is 18.6 Å². The molecule has 30 heavy (non-hydrogen) atoms. The number of thiophene rings is 1. The van der Waals surface area contributed by atoms with E-state index in [1.807, 2.05) is 31.2 Å². The van der Waals surface area contributed by atoms with E-state index < -0.39 is 23.0 Å². The van der Waals surface area contributed by atoms with Gasteiger partial charge in [-0.25, -0.2) is 9.78 Å². The van der Waals surface area contributed by atoms with Crippen molar-refractivity contribution in [2.24, 2.45) is 0 Å². The number of carbonyl (C=O) groups is 2. The summed E-state index contributed by atoms with van der Waals surface area (Å²) >= 11 is 1.25. The highest BCUT2D eigenvalue weighted by Gasteiger charge is 2.20. The number of benzene rings is 1. The number of aromatic carboxylic acids is 1. The first-order valence-corrected chi connectivity index (χ1v) is 9.78. The molecule has 0 aliphatic heterocycles. The molecule has 1 aromatic carbocycles. The van der Waals surface area contributed by atoms with Crippen molar-refractivity contribution < 1.29 is 19.8 Å². The summed E-state index contributed by atoms with van der Waals surface area (Å²) < 4.78 is 0. The summed E-state index contributed by atoms with van der Waals surface area (Å²) in [5.74, 6) is -2.84. The van der Waals surface area contributed by atoms with E-state index in [0.29, 0.717) is 11.3 Å². The Hall–Kier alpha value is -3.92. The lowest BCUT2D eigenvalue weighted by atomic mass is 10.1. The zero-order valence-electron chi connectivity index (χ0n) is 15.6. The maximum absolute atomic E-state index is 12.7. The molecule has 0 radical (unpaired) electrons. The molecule has 4 rings (SSSR count). The van der Waals surface area contributed by atoms with Crippen molar-refractivity contribution in [2.45, 2.75) is 13.3 Å². The van der Waals surface area contributed by atoms with Gasteiger partial charge in [0.1, 0.15) is 5.82 Å². The summed E-state index contributed by atoms with van der Waals surface area (Å²) in [5, 5.41) is 25.8. The third-order valence-electron chi connectivity index (χ3n) is 4.65. The van der Waals surface area contributed by atoms with Crippen LogP contribution in [0.3, 0.4) is 0 Å². The number of nitrogens with one attached hydrogen (secondary N) is 3. The first-order chi connectivity index (χ1) is 14.3. The number of carboxylic acid groups (broad SMARTS) is 1. The van der Waals surface area contributed by atoms with E-state index in [0.717, 1.165) is 22.2 Å². The number of nitrogens with zero attached hydrogens (tertiary/aromatic N) is 1. The fourth-order valence-corrected chi connectivity index (χ4v) is 4.00. The highest BCUT2D eigenvalue weighted by Crippen LogP contribution is 2.30. The fraction of sp³-hybridized carbons (Fsp3) is 0.100. The molecule has 0 aliphatic rings. The number of rotatable bonds is 5. The van der Waals surface area contributed by atoms with Crippen LogP contribution in [-0.2, 0) is 11.2 Å². The Balaban J connectivity index is 1.63. The summed E-state index contributed by atoms with van der Waals surface area (Å²) in [7, 11) is 0. The van der Waals surface area contributed by atoms with Gasteiger partial charge in [0.2, 0.25) is 11.7 Å². The van der Waals surface area contributed by atoms with Gasteiger partial charge in [0.25, 0.3) is 5.56 Å². The van der Waals surface area contributed by atoms with Crippen LogP contribution >= 0.6 is 11.3 Å². The molecular weight excluding hydrogens is 408 g/mol. The number of hydrogen-bond acceptors (Lipinski definition) is 6. The normalized spacial score (nSPS) is 11.0. The summed E-state index contributed by atoms with van der Waals surface area (Å²) in [4.78, 5) is 45.2. The number of fused-ring (bicyclic) bond motifs is 1. The number of aromatic amines is 2. The molecule has 0 bridgehead atoms. The van der Waals surface area contributed by atoms with Gasteiger partial charge in [0.15, 0.2) is 5.69 Å². The van der Waals surface area contributed by atoms with E-state index in [1.165, 1.54) is 11.3 Å². The molecule has 9 nitrogen and oxygen atoms in total. The number of aryl methyl sites for hydroxylation is 1. The van der Waals surface area contributed by atoms with Crippen molar-refractivity contribution >= 4 is 39.8 Å². The lowest BCUT2D eigenvalue weighted by Crippen LogP contribution is -2.17. The van der Waals surface area contributed by atoms with Crippen molar-refractivity contribution in [3.63, 3.8) is 0 Å². The van der Waals surface area contributed by atoms with Crippen LogP contribution in [-0.4, -0.2) is 37.0 Å². The Bertz CT molecular complexity index is 1350. The Labute approximate surface area is 173 Å². The Morgan fingerprint density at radius 3 is 2.73 bits per heavy atom. The zero-order valence-corrected chi connectivity index (χ0v) is 16.5. The third-order valence-corrected chi connectivity index (χ3v) is 5.40. The SMILES string of the molecule is Cc1[nH]c2ccccc2c1CC(=O)Nc1cscc1-c1nc(C(=O)O)c(O)c(=O)[nH]1. The number of H-pyrrole nitrogens is 2. The summed E-state index contributed by atoms with van der Waals surface area (Å²) in [6.45, 7) is 1.90. The number of aromatic nitrogens is 3. The second kappa shape index (κ2) is 7.48. The molecule has 3 heterocycles. The topological polar surface area (TPSA) is 148 Å². The maximum atomic E-state index is 12.7. The molecule has 0 fully saturated rings. The second-order valence-corrected chi connectivity index (χ2v) is 7.36. The summed E-state index contributed by atoms with van der Waals surface area (Å²) in [6, 6.07) is 7.70. The van der Waals surface area contributed by atoms with E-state index in [2.05, 4.69) is 20.3 Å². The highest BCUT2D eigenvalue weighted by atomic mass is 32.1. The molecule has 0 aliphatic carbocycles. The van der Waals surface area contributed by atoms with Crippen LogP contribution < -0.4 is 10.9 Å². The first-order valence-electron chi connectivity index (χ1n) is 8.84. The van der Waals surface area contributed by atoms with Crippen molar-refractivity contribution in [1.82, 2.24) is 15.0 Å². The summed E-state index contributed by atoms with van der Waals surface area (Å²) in [6.07, 6.45) is 0.130. The van der Waals surface area contributed by atoms with Crippen molar-refractivity contribution in [2.75, 3.05) is 5.32 Å². The average Bonchev–Trinajstić information content (AvgIpc) is 3.28. The predicted octanol–water partition coefficient (Wildman–Crippen LogP) is 2.87. The highest BCUT2D eigenvalue weighted by molar-refractivity contribution is 7.08. The molecule has 0 saturated carbocycles. The minimum atomic E-state index is -1.53. The van der Waals surface area contributed by atoms with Crippen LogP contribution in [0.2, 0.25) is 0 Å². The van der Waals surface area contributed by atoms with Crippen LogP contribution in [0.25, 0.3) is 22.3 Å². The van der Waals surface area contributed by atoms with Gasteiger partial charge < -0.3 is 25.5 Å². The van der Waals surface area contributed by atoms with Crippen LogP contribution in [0, 0.1) is 6.92 Å². The quantitative estimate of drug-likeness (QED) is 0.333. The number of amides is 1. The monoisotopic (exact) mass is 424 g/mol. The first kappa shape index (κ1) is 19.4. The number of aromatic hydroxyl groups is 1. The minimum Gasteiger partial charge on any atom is -0.501 e. The Kier molecular flexibility index (Phi) is 4.84. The van der Waals surface area contributed by atoms with Crippen LogP contribution in [0.5, 0.6) is 5.75 Å². The molecule has 152 valence electrons. The number of carbonyl (C=O) groups excluding carboxylic acids is 1. The zero-order chi connectivity index (χ0) is 21.4. The van der Waals surface area contributed by atoms with E-state index in [1.54, 1.807) is 10.8 Å². The molecule has 0 atom stereocenters. The van der Waals surface area contributed by atoms with Gasteiger partial charge in [-0.3, -0.25) is 9.59 Å². The van der Waals surface area contributed by atoms with Crippen LogP contribution in [0.4, 0.5) is 5.69 Å². The average molecular weight is 424 g/mol. The Morgan fingerprint density at radius 2 is 1.97 bits per heavy atom. The molecular formula is C20H16N4O5S. The second-order valence-electron chi connectivity index (χ2n) is 6.62. The smallest absolute Gasteiger partial charge is 0.358 e. The van der Waals surface area contributed by atoms with Gasteiger partial charge in [-0.1, -0.05) is 18.2 Å². The van der Waals surface area contributed by atoms with Crippen molar-refractivity contribution in [3.05, 3.63) is 62.3 Å². The third kappa shape index (κ3) is 3.44. The molecule has 10 heteroatoms. The molecule has 1 amide bonds. The van der Waals surface area contributed by atoms with Gasteiger partial charge >= 0.3 is 5.97 Å². The largest absolute Gasteiger partial charge is 0.501 e. The Morgan fingerprint density at radius 1 is 1.20 bits per heavy atom. The van der Waals surface area contributed by atoms with Crippen LogP contribution in [0.15, 0.2) is 39.8 Å². The predicted molar refractivity (Wildman–Crippen MR) is 112 cm³/mol. The lowest BCUT2D eigenvalue weighted by molar-refractivity contribution is -0.115. The number of carboxylic acids is 1. The molecule has 4 aromatic rings. The van der Waals surface area contributed by atoms with Gasteiger partial charge in [0.05, 0.1) is 17.7 Å². The van der Waals surface area contributed by atoms with Gasteiger partial charge in [-0.2, -0.15) is 0 Å². The van der Waals surface area contributed by atoms with Crippen molar-refractivity contribution in [3.8, 4) is 17.1 Å². The van der Waals surface area contributed by atoms with Gasteiger partial charge in [0, 0.05) is 27.4 Å². The fourth-order valence-electron chi connectivity index (χ4n) is 3.24. The molecule has 3 aromatic heterocycles. The van der Waals surface area contributed by atoms with E-state index >= 15 is 0 Å². The van der Waals surface area contributed by atoms with E-state index in [4.69, 9.17) is 5.11 Å². The lowest BCUT2D eigenvalue weighted by Gasteiger charge is -2.08.